The van der Waals surface area contributed by atoms with E-state index in [1.807, 2.05) is 48.5 Å². The van der Waals surface area contributed by atoms with Crippen LogP contribution in [0.25, 0.3) is 0 Å². The Hall–Kier alpha value is -3.31. The molecule has 2 aromatic carbocycles. The minimum absolute atomic E-state index is 0.0149. The van der Waals surface area contributed by atoms with E-state index < -0.39 is 6.29 Å². The van der Waals surface area contributed by atoms with Crippen molar-refractivity contribution in [1.82, 2.24) is 15.3 Å². The molecule has 3 N–H and O–H groups in total. The lowest BCUT2D eigenvalue weighted by molar-refractivity contribution is -0.268. The maximum Gasteiger partial charge on any atom is 0.224 e. The molecule has 0 spiro atoms. The lowest BCUT2D eigenvalue weighted by Crippen LogP contribution is -2.38. The summed E-state index contributed by atoms with van der Waals surface area (Å²) in [7, 11) is 0. The van der Waals surface area contributed by atoms with Crippen LogP contribution in [-0.2, 0) is 25.7 Å². The maximum absolute atomic E-state index is 12.6. The van der Waals surface area contributed by atoms with Crippen molar-refractivity contribution >= 4 is 29.3 Å². The van der Waals surface area contributed by atoms with Gasteiger partial charge >= 0.3 is 0 Å². The highest BCUT2D eigenvalue weighted by atomic mass is 32.2. The van der Waals surface area contributed by atoms with Crippen LogP contribution in [-0.4, -0.2) is 45.3 Å². The number of ether oxygens (including phenoxy) is 2. The van der Waals surface area contributed by atoms with Gasteiger partial charge in [-0.25, -0.2) is 9.97 Å². The molecule has 0 aliphatic carbocycles. The third-order valence-electron chi connectivity index (χ3n) is 6.94. The molecule has 4 atom stereocenters. The van der Waals surface area contributed by atoms with Crippen molar-refractivity contribution in [3.63, 3.8) is 0 Å². The summed E-state index contributed by atoms with van der Waals surface area (Å²) < 4.78 is 13.0. The number of hydrogen-bond acceptors (Lipinski definition) is 8. The molecule has 1 aromatic heterocycles. The number of aliphatic hydroxyl groups is 1. The Balaban J connectivity index is 1.43. The van der Waals surface area contributed by atoms with Crippen LogP contribution in [0.2, 0.25) is 0 Å². The van der Waals surface area contributed by atoms with Gasteiger partial charge in [-0.15, -0.1) is 0 Å². The number of carbonyl (C=O) groups is 2. The monoisotopic (exact) mass is 578 g/mol. The van der Waals surface area contributed by atoms with E-state index in [1.165, 1.54) is 6.92 Å². The molecule has 0 radical (unpaired) electrons. The zero-order chi connectivity index (χ0) is 29.0. The summed E-state index contributed by atoms with van der Waals surface area (Å²) in [6.45, 7) is 4.23. The average molecular weight is 579 g/mol. The molecular formula is C31H38N4O5S. The normalized spacial score (nSPS) is 20.4. The molecule has 10 heteroatoms. The van der Waals surface area contributed by atoms with Gasteiger partial charge in [-0.3, -0.25) is 9.59 Å². The molecule has 1 aliphatic heterocycles. The van der Waals surface area contributed by atoms with Gasteiger partial charge in [0.2, 0.25) is 11.8 Å². The first-order chi connectivity index (χ1) is 19.9. The van der Waals surface area contributed by atoms with Crippen molar-refractivity contribution in [2.45, 2.75) is 69.8 Å². The molecule has 2 amide bonds. The van der Waals surface area contributed by atoms with Crippen LogP contribution < -0.4 is 10.6 Å². The second kappa shape index (κ2) is 15.6. The molecular weight excluding hydrogens is 540 g/mol. The smallest absolute Gasteiger partial charge is 0.224 e. The molecule has 41 heavy (non-hydrogen) atoms. The molecule has 0 unspecified atom stereocenters. The highest BCUT2D eigenvalue weighted by Crippen LogP contribution is 2.43. The first-order valence-electron chi connectivity index (χ1n) is 14.0. The van der Waals surface area contributed by atoms with Gasteiger partial charge in [-0.05, 0) is 42.2 Å². The van der Waals surface area contributed by atoms with E-state index >= 15 is 0 Å². The number of benzene rings is 2. The van der Waals surface area contributed by atoms with Crippen molar-refractivity contribution in [2.24, 2.45) is 5.92 Å². The number of hydrogen-bond donors (Lipinski definition) is 3. The quantitative estimate of drug-likeness (QED) is 0.144. The van der Waals surface area contributed by atoms with Crippen LogP contribution >= 0.6 is 11.8 Å². The first kappa shape index (κ1) is 30.6. The fraction of sp³-hybridized carbons (Fsp3) is 0.419. The van der Waals surface area contributed by atoms with E-state index in [2.05, 4.69) is 27.5 Å². The van der Waals surface area contributed by atoms with Crippen molar-refractivity contribution < 1.29 is 24.2 Å². The molecule has 218 valence electrons. The van der Waals surface area contributed by atoms with Gasteiger partial charge in [0.05, 0.1) is 18.8 Å². The molecule has 9 nitrogen and oxygen atoms in total. The number of unbranched alkanes of at least 4 members (excludes halogenated alkanes) is 2. The van der Waals surface area contributed by atoms with Gasteiger partial charge < -0.3 is 25.2 Å². The molecule has 1 aliphatic rings. The number of anilines is 1. The highest BCUT2D eigenvalue weighted by Gasteiger charge is 2.38. The fourth-order valence-corrected chi connectivity index (χ4v) is 5.63. The Morgan fingerprint density at radius 2 is 1.76 bits per heavy atom. The molecule has 0 bridgehead atoms. The maximum atomic E-state index is 12.6. The van der Waals surface area contributed by atoms with E-state index in [0.717, 1.165) is 36.0 Å². The standard InChI is InChI=1S/C31H38N4O5S/c1-21-27(20-41-31-33-16-7-17-34-31)39-30(40-29(21)24-13-11-23(19-36)12-14-24)25-8-6-9-26(18-25)35-28(38)10-4-3-5-15-32-22(2)37/h6-9,11-14,16-18,21,27,29-30,36H,3-5,10,15,19-20H2,1-2H3,(H,32,37)(H,35,38)/t21-,27+,29+,30+/m1/s1. The van der Waals surface area contributed by atoms with Gasteiger partial charge in [0.15, 0.2) is 11.4 Å². The average Bonchev–Trinajstić information content (AvgIpc) is 2.99. The van der Waals surface area contributed by atoms with E-state index in [-0.39, 0.29) is 36.5 Å². The van der Waals surface area contributed by atoms with Crippen LogP contribution in [0.15, 0.2) is 72.1 Å². The van der Waals surface area contributed by atoms with Gasteiger partial charge in [0.1, 0.15) is 0 Å². The Morgan fingerprint density at radius 3 is 2.49 bits per heavy atom. The van der Waals surface area contributed by atoms with Crippen LogP contribution in [0.4, 0.5) is 5.69 Å². The third kappa shape index (κ3) is 9.36. The summed E-state index contributed by atoms with van der Waals surface area (Å²) in [5, 5.41) is 15.9. The minimum Gasteiger partial charge on any atom is -0.392 e. The van der Waals surface area contributed by atoms with Crippen LogP contribution in [0.1, 0.15) is 68.6 Å². The molecule has 4 rings (SSSR count). The number of nitrogens with one attached hydrogen (secondary N) is 2. The molecule has 2 heterocycles. The second-order valence-corrected chi connectivity index (χ2v) is 11.1. The summed E-state index contributed by atoms with van der Waals surface area (Å²) in [6.07, 6.45) is 5.29. The minimum atomic E-state index is -0.637. The summed E-state index contributed by atoms with van der Waals surface area (Å²) in [6, 6.07) is 17.2. The number of nitrogens with zero attached hydrogens (tertiary/aromatic N) is 2. The Kier molecular flexibility index (Phi) is 11.7. The van der Waals surface area contributed by atoms with Gasteiger partial charge in [-0.1, -0.05) is 61.5 Å². The summed E-state index contributed by atoms with van der Waals surface area (Å²) >= 11 is 1.54. The van der Waals surface area contributed by atoms with Crippen molar-refractivity contribution in [3.05, 3.63) is 83.7 Å². The van der Waals surface area contributed by atoms with Gasteiger partial charge in [0.25, 0.3) is 0 Å². The molecule has 1 saturated heterocycles. The van der Waals surface area contributed by atoms with Crippen LogP contribution in [0, 0.1) is 5.92 Å². The first-order valence-corrected chi connectivity index (χ1v) is 15.0. The summed E-state index contributed by atoms with van der Waals surface area (Å²) in [4.78, 5) is 32.2. The number of aromatic nitrogens is 2. The number of thioether (sulfide) groups is 1. The van der Waals surface area contributed by atoms with Crippen molar-refractivity contribution in [3.8, 4) is 0 Å². The zero-order valence-electron chi connectivity index (χ0n) is 23.5. The van der Waals surface area contributed by atoms with Crippen molar-refractivity contribution in [2.75, 3.05) is 17.6 Å². The molecule has 1 fully saturated rings. The van der Waals surface area contributed by atoms with Gasteiger partial charge in [0, 0.05) is 55.2 Å². The summed E-state index contributed by atoms with van der Waals surface area (Å²) in [5.41, 5.74) is 3.35. The van der Waals surface area contributed by atoms with Crippen LogP contribution in [0.5, 0.6) is 0 Å². The largest absolute Gasteiger partial charge is 0.392 e. The zero-order valence-corrected chi connectivity index (χ0v) is 24.3. The lowest BCUT2D eigenvalue weighted by Gasteiger charge is -2.41. The molecule has 0 saturated carbocycles. The number of aliphatic hydroxyl groups excluding tert-OH is 1. The predicted molar refractivity (Wildman–Crippen MR) is 158 cm³/mol. The van der Waals surface area contributed by atoms with Gasteiger partial charge in [-0.2, -0.15) is 0 Å². The topological polar surface area (TPSA) is 123 Å². The Labute approximate surface area is 245 Å². The number of rotatable bonds is 13. The van der Waals surface area contributed by atoms with Crippen LogP contribution in [0.3, 0.4) is 0 Å². The Morgan fingerprint density at radius 1 is 0.976 bits per heavy atom. The number of amides is 2. The second-order valence-electron chi connectivity index (χ2n) is 10.1. The van der Waals surface area contributed by atoms with E-state index in [1.54, 1.807) is 30.2 Å². The van der Waals surface area contributed by atoms with E-state index in [0.29, 0.717) is 29.6 Å². The van der Waals surface area contributed by atoms with E-state index in [4.69, 9.17) is 9.47 Å². The third-order valence-corrected chi connectivity index (χ3v) is 7.90. The molecule has 3 aromatic rings. The van der Waals surface area contributed by atoms with Crippen molar-refractivity contribution in [1.29, 1.82) is 0 Å². The predicted octanol–water partition coefficient (Wildman–Crippen LogP) is 5.19. The fourth-order valence-electron chi connectivity index (χ4n) is 4.66. The van der Waals surface area contributed by atoms with E-state index in [9.17, 15) is 14.7 Å². The lowest BCUT2D eigenvalue weighted by atomic mass is 9.91. The SMILES string of the molecule is CC(=O)NCCCCCC(=O)Nc1cccc([C@H]2O[C@@H](CSc3ncccn3)[C@@H](C)[C@@H](c3ccc(CO)cc3)O2)c1. The summed E-state index contributed by atoms with van der Waals surface area (Å²) in [5.74, 6) is 0.592. The number of carbonyl (C=O) groups excluding carboxylic acids is 2. The highest BCUT2D eigenvalue weighted by molar-refractivity contribution is 7.99. The Bertz CT molecular complexity index is 1260.